The third kappa shape index (κ3) is 0.864. The summed E-state index contributed by atoms with van der Waals surface area (Å²) < 4.78 is 0. The van der Waals surface area contributed by atoms with Crippen LogP contribution in [0.4, 0.5) is 0 Å². The van der Waals surface area contributed by atoms with Crippen molar-refractivity contribution in [2.75, 3.05) is 13.6 Å². The topological polar surface area (TPSA) is 43.8 Å². The Morgan fingerprint density at radius 1 is 1.67 bits per heavy atom. The maximum Gasteiger partial charge on any atom is 0.251 e. The molecule has 0 bridgehead atoms. The average molecular weight is 186 g/mol. The lowest BCUT2D eigenvalue weighted by atomic mass is 10.2. The van der Waals surface area contributed by atoms with Crippen LogP contribution in [-0.2, 0) is 4.79 Å². The van der Waals surface area contributed by atoms with Crippen molar-refractivity contribution in [1.82, 2.24) is 9.80 Å². The lowest BCUT2D eigenvalue weighted by molar-refractivity contribution is -0.127. The summed E-state index contributed by atoms with van der Waals surface area (Å²) in [4.78, 5) is 14.7. The first-order valence-corrected chi connectivity index (χ1v) is 4.28. The first-order valence-electron chi connectivity index (χ1n) is 3.87. The van der Waals surface area contributed by atoms with Gasteiger partial charge in [0.05, 0.1) is 6.10 Å². The van der Waals surface area contributed by atoms with Crippen LogP contribution >= 0.6 is 12.2 Å². The van der Waals surface area contributed by atoms with Gasteiger partial charge in [-0.05, 0) is 12.2 Å². The number of carbonyl (C=O) groups excluding carboxylic acids is 1. The summed E-state index contributed by atoms with van der Waals surface area (Å²) in [7, 11) is 1.68. The lowest BCUT2D eigenvalue weighted by Crippen LogP contribution is -2.31. The zero-order valence-electron chi connectivity index (χ0n) is 6.73. The van der Waals surface area contributed by atoms with Crippen LogP contribution in [0, 0.1) is 0 Å². The van der Waals surface area contributed by atoms with Crippen molar-refractivity contribution in [2.45, 2.75) is 18.6 Å². The Balaban J connectivity index is 2.27. The predicted molar refractivity (Wildman–Crippen MR) is 46.5 cm³/mol. The number of aliphatic hydroxyl groups is 1. The van der Waals surface area contributed by atoms with Gasteiger partial charge in [0, 0.05) is 20.0 Å². The molecule has 0 spiro atoms. The number of carbonyl (C=O) groups is 1. The molecule has 0 aromatic heterocycles. The normalized spacial score (nSPS) is 34.8. The fourth-order valence-electron chi connectivity index (χ4n) is 1.77. The molecule has 0 unspecified atom stereocenters. The van der Waals surface area contributed by atoms with Gasteiger partial charge < -0.3 is 10.0 Å². The summed E-state index contributed by atoms with van der Waals surface area (Å²) in [6.45, 7) is 0.500. The maximum absolute atomic E-state index is 11.4. The van der Waals surface area contributed by atoms with Crippen LogP contribution in [0.15, 0.2) is 0 Å². The quantitative estimate of drug-likeness (QED) is 0.502. The summed E-state index contributed by atoms with van der Waals surface area (Å²) in [5.74, 6) is 0.0107. The van der Waals surface area contributed by atoms with E-state index >= 15 is 0 Å². The molecular formula is C7H10N2O2S. The van der Waals surface area contributed by atoms with Crippen LogP contribution in [-0.4, -0.2) is 51.7 Å². The summed E-state index contributed by atoms with van der Waals surface area (Å²) >= 11 is 5.03. The Morgan fingerprint density at radius 2 is 2.33 bits per heavy atom. The molecule has 2 aliphatic rings. The Bertz CT molecular complexity index is 232. The van der Waals surface area contributed by atoms with E-state index in [0.29, 0.717) is 18.1 Å². The fourth-order valence-corrected chi connectivity index (χ4v) is 2.06. The molecule has 1 N–H and O–H groups in total. The largest absolute Gasteiger partial charge is 0.391 e. The lowest BCUT2D eigenvalue weighted by Gasteiger charge is -2.15. The third-order valence-corrected chi connectivity index (χ3v) is 2.94. The highest BCUT2D eigenvalue weighted by atomic mass is 32.1. The summed E-state index contributed by atoms with van der Waals surface area (Å²) in [6.07, 6.45) is 0.120. The SMILES string of the molecule is CN1C(=O)[C@@H]2C[C@H](O)CN2C1=S. The Morgan fingerprint density at radius 3 is 2.92 bits per heavy atom. The van der Waals surface area contributed by atoms with Gasteiger partial charge in [-0.3, -0.25) is 9.69 Å². The van der Waals surface area contributed by atoms with Gasteiger partial charge >= 0.3 is 0 Å². The molecule has 5 heteroatoms. The fraction of sp³-hybridized carbons (Fsp3) is 0.714. The van der Waals surface area contributed by atoms with E-state index < -0.39 is 6.10 Å². The highest BCUT2D eigenvalue weighted by Crippen LogP contribution is 2.26. The smallest absolute Gasteiger partial charge is 0.251 e. The number of fused-ring (bicyclic) bond motifs is 1. The molecule has 0 aliphatic carbocycles. The predicted octanol–water partition coefficient (Wildman–Crippen LogP) is -0.822. The molecule has 4 nitrogen and oxygen atoms in total. The number of amides is 1. The maximum atomic E-state index is 11.4. The molecule has 0 radical (unpaired) electrons. The molecule has 2 rings (SSSR count). The molecule has 2 fully saturated rings. The van der Waals surface area contributed by atoms with E-state index in [4.69, 9.17) is 12.2 Å². The molecule has 2 saturated heterocycles. The van der Waals surface area contributed by atoms with Gasteiger partial charge in [-0.2, -0.15) is 0 Å². The van der Waals surface area contributed by atoms with Crippen molar-refractivity contribution >= 4 is 23.2 Å². The zero-order chi connectivity index (χ0) is 8.88. The Hall–Kier alpha value is -0.680. The molecule has 0 saturated carbocycles. The second kappa shape index (κ2) is 2.40. The van der Waals surface area contributed by atoms with Crippen LogP contribution in [0.2, 0.25) is 0 Å². The monoisotopic (exact) mass is 186 g/mol. The van der Waals surface area contributed by atoms with E-state index in [9.17, 15) is 9.90 Å². The minimum atomic E-state index is -0.398. The second-order valence-corrected chi connectivity index (χ2v) is 3.60. The number of nitrogens with zero attached hydrogens (tertiary/aromatic N) is 2. The summed E-state index contributed by atoms with van der Waals surface area (Å²) in [5.41, 5.74) is 0. The number of aliphatic hydroxyl groups excluding tert-OH is 1. The highest BCUT2D eigenvalue weighted by molar-refractivity contribution is 7.80. The van der Waals surface area contributed by atoms with Crippen molar-refractivity contribution in [2.24, 2.45) is 0 Å². The van der Waals surface area contributed by atoms with Gasteiger partial charge in [-0.15, -0.1) is 0 Å². The number of hydrogen-bond acceptors (Lipinski definition) is 3. The van der Waals surface area contributed by atoms with Gasteiger partial charge in [0.25, 0.3) is 5.91 Å². The highest BCUT2D eigenvalue weighted by Gasteiger charge is 2.46. The van der Waals surface area contributed by atoms with Crippen LogP contribution < -0.4 is 0 Å². The molecule has 0 aromatic rings. The first-order chi connectivity index (χ1) is 5.61. The van der Waals surface area contributed by atoms with E-state index in [1.807, 2.05) is 0 Å². The number of rotatable bonds is 0. The van der Waals surface area contributed by atoms with E-state index in [0.717, 1.165) is 0 Å². The van der Waals surface area contributed by atoms with Gasteiger partial charge in [0.2, 0.25) is 0 Å². The van der Waals surface area contributed by atoms with Gasteiger partial charge in [0.15, 0.2) is 5.11 Å². The summed E-state index contributed by atoms with van der Waals surface area (Å²) in [5, 5.41) is 9.83. The molecule has 2 heterocycles. The molecule has 1 amide bonds. The van der Waals surface area contributed by atoms with Crippen LogP contribution in [0.25, 0.3) is 0 Å². The third-order valence-electron chi connectivity index (χ3n) is 2.43. The molecule has 2 aliphatic heterocycles. The van der Waals surface area contributed by atoms with Crippen molar-refractivity contribution in [3.05, 3.63) is 0 Å². The van der Waals surface area contributed by atoms with Crippen LogP contribution in [0.3, 0.4) is 0 Å². The summed E-state index contributed by atoms with van der Waals surface area (Å²) in [6, 6.07) is -0.197. The van der Waals surface area contributed by atoms with Crippen molar-refractivity contribution in [3.63, 3.8) is 0 Å². The molecular weight excluding hydrogens is 176 g/mol. The van der Waals surface area contributed by atoms with Crippen LogP contribution in [0.5, 0.6) is 0 Å². The van der Waals surface area contributed by atoms with E-state index in [2.05, 4.69) is 0 Å². The minimum Gasteiger partial charge on any atom is -0.391 e. The van der Waals surface area contributed by atoms with Crippen LogP contribution in [0.1, 0.15) is 6.42 Å². The first kappa shape index (κ1) is 7.94. The average Bonchev–Trinajstić information content (AvgIpc) is 2.49. The van der Waals surface area contributed by atoms with Crippen molar-refractivity contribution in [3.8, 4) is 0 Å². The molecule has 0 aromatic carbocycles. The van der Waals surface area contributed by atoms with Gasteiger partial charge in [-0.1, -0.05) is 0 Å². The Kier molecular flexibility index (Phi) is 1.59. The number of likely N-dealkylation sites (N-methyl/N-ethyl adjacent to an activating group) is 1. The van der Waals surface area contributed by atoms with Crippen molar-refractivity contribution < 1.29 is 9.90 Å². The standard InChI is InChI=1S/C7H10N2O2S/c1-8-6(11)5-2-4(10)3-9(5)7(8)12/h4-5,10H,2-3H2,1H3/t4-,5-/m0/s1. The number of thiocarbonyl (C=S) groups is 1. The van der Waals surface area contributed by atoms with E-state index in [-0.39, 0.29) is 11.9 Å². The minimum absolute atomic E-state index is 0.0107. The van der Waals surface area contributed by atoms with E-state index in [1.165, 1.54) is 4.90 Å². The molecule has 12 heavy (non-hydrogen) atoms. The zero-order valence-corrected chi connectivity index (χ0v) is 7.54. The molecule has 66 valence electrons. The second-order valence-electron chi connectivity index (χ2n) is 3.24. The van der Waals surface area contributed by atoms with Crippen molar-refractivity contribution in [1.29, 1.82) is 0 Å². The van der Waals surface area contributed by atoms with Gasteiger partial charge in [-0.25, -0.2) is 0 Å². The molecule has 2 atom stereocenters. The van der Waals surface area contributed by atoms with E-state index in [1.54, 1.807) is 11.9 Å². The Labute approximate surface area is 75.8 Å². The van der Waals surface area contributed by atoms with Gasteiger partial charge in [0.1, 0.15) is 6.04 Å². The number of hydrogen-bond donors (Lipinski definition) is 1.